The summed E-state index contributed by atoms with van der Waals surface area (Å²) < 4.78 is 0. The molecule has 0 heterocycles. The molecule has 2 aromatic rings. The number of anilines is 2. The first-order valence-electron chi connectivity index (χ1n) is 5.33. The summed E-state index contributed by atoms with van der Waals surface area (Å²) in [7, 11) is 0. The molecule has 18 heavy (non-hydrogen) atoms. The molecule has 0 saturated heterocycles. The van der Waals surface area contributed by atoms with Crippen LogP contribution in [0.3, 0.4) is 0 Å². The first-order chi connectivity index (χ1) is 8.60. The van der Waals surface area contributed by atoms with Gasteiger partial charge in [0, 0.05) is 5.02 Å². The van der Waals surface area contributed by atoms with Crippen LogP contribution in [0.15, 0.2) is 36.4 Å². The summed E-state index contributed by atoms with van der Waals surface area (Å²) in [5, 5.41) is 13.4. The number of aryl methyl sites for hydroxylation is 1. The van der Waals surface area contributed by atoms with Crippen LogP contribution in [0.2, 0.25) is 10.0 Å². The van der Waals surface area contributed by atoms with E-state index in [0.717, 1.165) is 11.3 Å². The van der Waals surface area contributed by atoms with Crippen molar-refractivity contribution >= 4 is 34.6 Å². The lowest BCUT2D eigenvalue weighted by molar-refractivity contribution is 1.43. The van der Waals surface area contributed by atoms with E-state index in [-0.39, 0.29) is 0 Å². The molecule has 4 heteroatoms. The van der Waals surface area contributed by atoms with Gasteiger partial charge >= 0.3 is 0 Å². The van der Waals surface area contributed by atoms with Gasteiger partial charge in [0.05, 0.1) is 22.0 Å². The number of nitrogens with zero attached hydrogens (tertiary/aromatic N) is 1. The second-order valence-electron chi connectivity index (χ2n) is 3.91. The summed E-state index contributed by atoms with van der Waals surface area (Å²) in [5.41, 5.74) is 3.04. The van der Waals surface area contributed by atoms with Crippen LogP contribution in [0.25, 0.3) is 0 Å². The molecule has 0 radical (unpaired) electrons. The average molecular weight is 277 g/mol. The Hall–Kier alpha value is -1.69. The van der Waals surface area contributed by atoms with Gasteiger partial charge in [-0.2, -0.15) is 5.26 Å². The van der Waals surface area contributed by atoms with Crippen molar-refractivity contribution in [2.45, 2.75) is 6.92 Å². The predicted molar refractivity (Wildman–Crippen MR) is 75.6 cm³/mol. The van der Waals surface area contributed by atoms with E-state index in [1.54, 1.807) is 18.2 Å². The van der Waals surface area contributed by atoms with Crippen LogP contribution in [0.5, 0.6) is 0 Å². The van der Waals surface area contributed by atoms with Crippen molar-refractivity contribution in [1.29, 1.82) is 5.26 Å². The Kier molecular flexibility index (Phi) is 3.76. The van der Waals surface area contributed by atoms with Crippen LogP contribution < -0.4 is 5.32 Å². The molecule has 2 rings (SSSR count). The van der Waals surface area contributed by atoms with Gasteiger partial charge in [0.15, 0.2) is 0 Å². The van der Waals surface area contributed by atoms with Gasteiger partial charge in [-0.1, -0.05) is 29.3 Å². The maximum atomic E-state index is 9.06. The van der Waals surface area contributed by atoms with Gasteiger partial charge in [0.25, 0.3) is 0 Å². The van der Waals surface area contributed by atoms with Crippen molar-refractivity contribution in [2.24, 2.45) is 0 Å². The maximum Gasteiger partial charge on any atom is 0.101 e. The van der Waals surface area contributed by atoms with E-state index in [2.05, 4.69) is 11.4 Å². The van der Waals surface area contributed by atoms with Gasteiger partial charge in [0.1, 0.15) is 6.07 Å². The van der Waals surface area contributed by atoms with Crippen LogP contribution in [0.4, 0.5) is 11.4 Å². The molecule has 0 aliphatic carbocycles. The predicted octanol–water partition coefficient (Wildman–Crippen LogP) is 4.92. The van der Waals surface area contributed by atoms with Gasteiger partial charge in [-0.05, 0) is 42.8 Å². The third-order valence-corrected chi connectivity index (χ3v) is 3.06. The lowest BCUT2D eigenvalue weighted by Gasteiger charge is -2.10. The number of halogens is 2. The van der Waals surface area contributed by atoms with Crippen LogP contribution in [-0.2, 0) is 0 Å². The Bertz CT molecular complexity index is 630. The third-order valence-electron chi connectivity index (χ3n) is 2.49. The zero-order chi connectivity index (χ0) is 13.1. The molecule has 0 fully saturated rings. The number of benzene rings is 2. The summed E-state index contributed by atoms with van der Waals surface area (Å²) in [6.45, 7) is 1.98. The average Bonchev–Trinajstić information content (AvgIpc) is 2.36. The number of hydrogen-bond donors (Lipinski definition) is 1. The zero-order valence-electron chi connectivity index (χ0n) is 9.67. The summed E-state index contributed by atoms with van der Waals surface area (Å²) in [5.74, 6) is 0. The van der Waals surface area contributed by atoms with Crippen molar-refractivity contribution in [2.75, 3.05) is 5.32 Å². The Labute approximate surface area is 116 Å². The Morgan fingerprint density at radius 2 is 1.83 bits per heavy atom. The topological polar surface area (TPSA) is 35.8 Å². The van der Waals surface area contributed by atoms with Crippen LogP contribution in [0, 0.1) is 18.3 Å². The minimum Gasteiger partial charge on any atom is -0.353 e. The zero-order valence-corrected chi connectivity index (χ0v) is 11.2. The summed E-state index contributed by atoms with van der Waals surface area (Å²) in [6.07, 6.45) is 0. The number of hydrogen-bond acceptors (Lipinski definition) is 2. The van der Waals surface area contributed by atoms with Gasteiger partial charge in [-0.3, -0.25) is 0 Å². The molecule has 0 saturated carbocycles. The standard InChI is InChI=1S/C14H10Cl2N2/c1-9-2-4-12(16)14(6-9)18-13-5-3-11(15)7-10(13)8-17/h2-7,18H,1H3. The molecule has 0 aromatic heterocycles. The highest BCUT2D eigenvalue weighted by molar-refractivity contribution is 6.33. The third kappa shape index (κ3) is 2.76. The molecule has 0 bridgehead atoms. The quantitative estimate of drug-likeness (QED) is 0.845. The van der Waals surface area contributed by atoms with E-state index in [0.29, 0.717) is 21.3 Å². The summed E-state index contributed by atoms with van der Waals surface area (Å²) in [6, 6.07) is 12.9. The molecule has 0 unspecified atom stereocenters. The summed E-state index contributed by atoms with van der Waals surface area (Å²) in [4.78, 5) is 0. The van der Waals surface area contributed by atoms with Crippen LogP contribution >= 0.6 is 23.2 Å². The van der Waals surface area contributed by atoms with E-state index in [1.165, 1.54) is 0 Å². The Morgan fingerprint density at radius 3 is 2.56 bits per heavy atom. The molecule has 0 spiro atoms. The molecule has 90 valence electrons. The highest BCUT2D eigenvalue weighted by Gasteiger charge is 2.06. The molecule has 0 aliphatic rings. The Morgan fingerprint density at radius 1 is 1.06 bits per heavy atom. The molecule has 1 N–H and O–H groups in total. The normalized spacial score (nSPS) is 9.89. The van der Waals surface area contributed by atoms with Crippen molar-refractivity contribution in [3.63, 3.8) is 0 Å². The molecule has 0 aliphatic heterocycles. The smallest absolute Gasteiger partial charge is 0.101 e. The number of rotatable bonds is 2. The molecular weight excluding hydrogens is 267 g/mol. The van der Waals surface area contributed by atoms with E-state index in [4.69, 9.17) is 28.5 Å². The second-order valence-corrected chi connectivity index (χ2v) is 4.75. The molecule has 2 aromatic carbocycles. The highest BCUT2D eigenvalue weighted by atomic mass is 35.5. The van der Waals surface area contributed by atoms with Crippen molar-refractivity contribution in [3.8, 4) is 6.07 Å². The number of nitriles is 1. The van der Waals surface area contributed by atoms with E-state index in [1.807, 2.05) is 25.1 Å². The fourth-order valence-electron chi connectivity index (χ4n) is 1.60. The Balaban J connectivity index is 2.40. The monoisotopic (exact) mass is 276 g/mol. The first kappa shape index (κ1) is 12.8. The number of nitrogens with one attached hydrogen (secondary N) is 1. The van der Waals surface area contributed by atoms with E-state index in [9.17, 15) is 0 Å². The van der Waals surface area contributed by atoms with Gasteiger partial charge in [-0.15, -0.1) is 0 Å². The van der Waals surface area contributed by atoms with Crippen molar-refractivity contribution in [1.82, 2.24) is 0 Å². The minimum atomic E-state index is 0.486. The SMILES string of the molecule is Cc1ccc(Cl)c(Nc2ccc(Cl)cc2C#N)c1. The second kappa shape index (κ2) is 5.30. The fourth-order valence-corrected chi connectivity index (χ4v) is 1.93. The highest BCUT2D eigenvalue weighted by Crippen LogP contribution is 2.29. The largest absolute Gasteiger partial charge is 0.353 e. The van der Waals surface area contributed by atoms with Gasteiger partial charge in [-0.25, -0.2) is 0 Å². The van der Waals surface area contributed by atoms with Gasteiger partial charge < -0.3 is 5.32 Å². The van der Waals surface area contributed by atoms with E-state index >= 15 is 0 Å². The fraction of sp³-hybridized carbons (Fsp3) is 0.0714. The minimum absolute atomic E-state index is 0.486. The van der Waals surface area contributed by atoms with Crippen LogP contribution in [-0.4, -0.2) is 0 Å². The summed E-state index contributed by atoms with van der Waals surface area (Å²) >= 11 is 12.0. The van der Waals surface area contributed by atoms with Gasteiger partial charge in [0.2, 0.25) is 0 Å². The van der Waals surface area contributed by atoms with Crippen molar-refractivity contribution < 1.29 is 0 Å². The van der Waals surface area contributed by atoms with Crippen LogP contribution in [0.1, 0.15) is 11.1 Å². The molecule has 2 nitrogen and oxygen atoms in total. The van der Waals surface area contributed by atoms with Crippen molar-refractivity contribution in [3.05, 3.63) is 57.6 Å². The lowest BCUT2D eigenvalue weighted by Crippen LogP contribution is -1.95. The first-order valence-corrected chi connectivity index (χ1v) is 6.08. The van der Waals surface area contributed by atoms with E-state index < -0.39 is 0 Å². The molecular formula is C14H10Cl2N2. The maximum absolute atomic E-state index is 9.06. The molecule has 0 amide bonds. The lowest BCUT2D eigenvalue weighted by atomic mass is 10.1. The molecule has 0 atom stereocenters.